The van der Waals surface area contributed by atoms with E-state index in [9.17, 15) is 13.2 Å². The average Bonchev–Trinajstić information content (AvgIpc) is 3.00. The maximum Gasteiger partial charge on any atom is 0.410 e. The maximum atomic E-state index is 13.3. The third-order valence-corrected chi connectivity index (χ3v) is 3.93. The van der Waals surface area contributed by atoms with Crippen molar-refractivity contribution in [3.8, 4) is 11.5 Å². The lowest BCUT2D eigenvalue weighted by Gasteiger charge is -2.33. The van der Waals surface area contributed by atoms with Crippen LogP contribution in [0.15, 0.2) is 30.5 Å². The molecule has 0 spiro atoms. The Bertz CT molecular complexity index is 700. The standard InChI is InChI=1S/C15H16F3N3O2/c1-22-11-4-3-9(7-12(11)23-2)10-8-13(15(16,17)18)21-14(20-10)5-6-19-21/h3-7,10,13,20H,8H2,1-2H3/t10-,13+/m0/s1. The minimum absolute atomic E-state index is 0.145. The number of nitrogens with zero attached hydrogens (tertiary/aromatic N) is 2. The van der Waals surface area contributed by atoms with E-state index in [0.29, 0.717) is 22.9 Å². The van der Waals surface area contributed by atoms with Gasteiger partial charge in [-0.05, 0) is 17.7 Å². The van der Waals surface area contributed by atoms with Crippen LogP contribution in [0.25, 0.3) is 0 Å². The molecule has 0 aliphatic carbocycles. The molecular formula is C15H16F3N3O2. The van der Waals surface area contributed by atoms with E-state index in [0.717, 1.165) is 4.68 Å². The van der Waals surface area contributed by atoms with Crippen molar-refractivity contribution in [3.05, 3.63) is 36.0 Å². The molecule has 1 N–H and O–H groups in total. The summed E-state index contributed by atoms with van der Waals surface area (Å²) in [5.74, 6) is 1.36. The molecule has 0 unspecified atom stereocenters. The topological polar surface area (TPSA) is 48.3 Å². The second-order valence-corrected chi connectivity index (χ2v) is 5.27. The first-order chi connectivity index (χ1) is 10.9. The number of benzene rings is 1. The van der Waals surface area contributed by atoms with Crippen LogP contribution < -0.4 is 14.8 Å². The van der Waals surface area contributed by atoms with Gasteiger partial charge in [-0.15, -0.1) is 0 Å². The largest absolute Gasteiger partial charge is 0.493 e. The highest BCUT2D eigenvalue weighted by atomic mass is 19.4. The third kappa shape index (κ3) is 2.80. The van der Waals surface area contributed by atoms with Gasteiger partial charge in [0.25, 0.3) is 0 Å². The average molecular weight is 327 g/mol. The molecule has 3 rings (SSSR count). The molecule has 124 valence electrons. The number of halogens is 3. The van der Waals surface area contributed by atoms with Crippen molar-refractivity contribution < 1.29 is 22.6 Å². The van der Waals surface area contributed by atoms with Crippen molar-refractivity contribution in [1.29, 1.82) is 0 Å². The third-order valence-electron chi connectivity index (χ3n) is 3.93. The van der Waals surface area contributed by atoms with Gasteiger partial charge >= 0.3 is 6.18 Å². The molecule has 0 saturated heterocycles. The molecule has 8 heteroatoms. The molecule has 2 aromatic rings. The first kappa shape index (κ1) is 15.5. The molecule has 2 atom stereocenters. The van der Waals surface area contributed by atoms with Gasteiger partial charge in [-0.25, -0.2) is 4.68 Å². The predicted molar refractivity (Wildman–Crippen MR) is 77.8 cm³/mol. The fourth-order valence-electron chi connectivity index (χ4n) is 2.80. The Kier molecular flexibility index (Phi) is 3.83. The van der Waals surface area contributed by atoms with E-state index in [-0.39, 0.29) is 6.42 Å². The normalized spacial score (nSPS) is 20.6. The lowest BCUT2D eigenvalue weighted by molar-refractivity contribution is -0.173. The molecule has 23 heavy (non-hydrogen) atoms. The maximum absolute atomic E-state index is 13.3. The van der Waals surface area contributed by atoms with Crippen LogP contribution in [0, 0.1) is 0 Å². The first-order valence-electron chi connectivity index (χ1n) is 7.02. The van der Waals surface area contributed by atoms with E-state index in [2.05, 4.69) is 10.4 Å². The van der Waals surface area contributed by atoms with Gasteiger partial charge in [0.15, 0.2) is 17.5 Å². The van der Waals surface area contributed by atoms with Gasteiger partial charge in [-0.3, -0.25) is 0 Å². The number of rotatable bonds is 3. The molecule has 2 heterocycles. The molecular weight excluding hydrogens is 311 g/mol. The summed E-state index contributed by atoms with van der Waals surface area (Å²) in [6.45, 7) is 0. The highest BCUT2D eigenvalue weighted by Crippen LogP contribution is 2.44. The summed E-state index contributed by atoms with van der Waals surface area (Å²) in [4.78, 5) is 0. The Morgan fingerprint density at radius 3 is 2.57 bits per heavy atom. The second kappa shape index (κ2) is 5.68. The number of anilines is 1. The SMILES string of the molecule is COc1ccc([C@@H]2C[C@H](C(F)(F)F)n3nccc3N2)cc1OC. The Hall–Kier alpha value is -2.38. The van der Waals surface area contributed by atoms with E-state index < -0.39 is 18.3 Å². The monoisotopic (exact) mass is 327 g/mol. The van der Waals surface area contributed by atoms with Crippen LogP contribution in [0.2, 0.25) is 0 Å². The number of fused-ring (bicyclic) bond motifs is 1. The Morgan fingerprint density at radius 1 is 1.17 bits per heavy atom. The smallest absolute Gasteiger partial charge is 0.410 e. The first-order valence-corrected chi connectivity index (χ1v) is 7.02. The van der Waals surface area contributed by atoms with Gasteiger partial charge in [0.05, 0.1) is 26.5 Å². The number of aromatic nitrogens is 2. The van der Waals surface area contributed by atoms with Gasteiger partial charge < -0.3 is 14.8 Å². The van der Waals surface area contributed by atoms with Crippen molar-refractivity contribution in [2.75, 3.05) is 19.5 Å². The molecule has 0 saturated carbocycles. The zero-order valence-electron chi connectivity index (χ0n) is 12.6. The molecule has 1 aliphatic heterocycles. The molecule has 0 amide bonds. The van der Waals surface area contributed by atoms with Crippen LogP contribution in [0.1, 0.15) is 24.1 Å². The molecule has 0 radical (unpaired) electrons. The predicted octanol–water partition coefficient (Wildman–Crippen LogP) is 3.56. The van der Waals surface area contributed by atoms with Crippen molar-refractivity contribution in [2.45, 2.75) is 24.7 Å². The highest BCUT2D eigenvalue weighted by molar-refractivity contribution is 5.47. The number of hydrogen-bond acceptors (Lipinski definition) is 4. The number of hydrogen-bond donors (Lipinski definition) is 1. The summed E-state index contributed by atoms with van der Waals surface area (Å²) in [6, 6.07) is 4.49. The molecule has 0 bridgehead atoms. The van der Waals surface area contributed by atoms with Crippen LogP contribution >= 0.6 is 0 Å². The van der Waals surface area contributed by atoms with Crippen LogP contribution in [0.3, 0.4) is 0 Å². The van der Waals surface area contributed by atoms with E-state index in [1.165, 1.54) is 26.5 Å². The lowest BCUT2D eigenvalue weighted by atomic mass is 9.96. The van der Waals surface area contributed by atoms with Gasteiger partial charge in [-0.1, -0.05) is 6.07 Å². The summed E-state index contributed by atoms with van der Waals surface area (Å²) in [5, 5.41) is 6.87. The minimum Gasteiger partial charge on any atom is -0.493 e. The summed E-state index contributed by atoms with van der Waals surface area (Å²) < 4.78 is 51.3. The number of nitrogens with one attached hydrogen (secondary N) is 1. The van der Waals surface area contributed by atoms with Crippen molar-refractivity contribution in [1.82, 2.24) is 9.78 Å². The Morgan fingerprint density at radius 2 is 1.91 bits per heavy atom. The second-order valence-electron chi connectivity index (χ2n) is 5.27. The van der Waals surface area contributed by atoms with Gasteiger partial charge in [0, 0.05) is 12.5 Å². The van der Waals surface area contributed by atoms with E-state index in [4.69, 9.17) is 9.47 Å². The molecule has 0 fully saturated rings. The minimum atomic E-state index is -4.36. The lowest BCUT2D eigenvalue weighted by Crippen LogP contribution is -2.35. The Labute approximate surface area is 131 Å². The zero-order chi connectivity index (χ0) is 16.6. The number of alkyl halides is 3. The molecule has 1 aromatic carbocycles. The summed E-state index contributed by atoms with van der Waals surface area (Å²) in [6.07, 6.45) is -3.15. The van der Waals surface area contributed by atoms with E-state index in [1.54, 1.807) is 18.2 Å². The van der Waals surface area contributed by atoms with E-state index >= 15 is 0 Å². The molecule has 5 nitrogen and oxygen atoms in total. The van der Waals surface area contributed by atoms with Crippen LogP contribution in [-0.2, 0) is 0 Å². The van der Waals surface area contributed by atoms with E-state index in [1.807, 2.05) is 0 Å². The summed E-state index contributed by atoms with van der Waals surface area (Å²) >= 11 is 0. The van der Waals surface area contributed by atoms with Crippen LogP contribution in [0.4, 0.5) is 19.0 Å². The fourth-order valence-corrected chi connectivity index (χ4v) is 2.80. The zero-order valence-corrected chi connectivity index (χ0v) is 12.6. The van der Waals surface area contributed by atoms with Crippen molar-refractivity contribution in [3.63, 3.8) is 0 Å². The van der Waals surface area contributed by atoms with Crippen molar-refractivity contribution >= 4 is 5.82 Å². The van der Waals surface area contributed by atoms with Crippen molar-refractivity contribution in [2.24, 2.45) is 0 Å². The van der Waals surface area contributed by atoms with Crippen LogP contribution in [-0.4, -0.2) is 30.2 Å². The van der Waals surface area contributed by atoms with Gasteiger partial charge in [-0.2, -0.15) is 18.3 Å². The highest BCUT2D eigenvalue weighted by Gasteiger charge is 2.46. The summed E-state index contributed by atoms with van der Waals surface area (Å²) in [5.41, 5.74) is 0.698. The van der Waals surface area contributed by atoms with Gasteiger partial charge in [0.1, 0.15) is 5.82 Å². The number of methoxy groups -OCH3 is 2. The fraction of sp³-hybridized carbons (Fsp3) is 0.400. The molecule has 1 aliphatic rings. The Balaban J connectivity index is 1.96. The quantitative estimate of drug-likeness (QED) is 0.936. The summed E-state index contributed by atoms with van der Waals surface area (Å²) in [7, 11) is 3.00. The number of ether oxygens (including phenoxy) is 2. The molecule has 1 aromatic heterocycles. The van der Waals surface area contributed by atoms with Gasteiger partial charge in [0.2, 0.25) is 0 Å². The van der Waals surface area contributed by atoms with Crippen LogP contribution in [0.5, 0.6) is 11.5 Å².